The number of aryl methyl sites for hydroxylation is 1. The van der Waals surface area contributed by atoms with Crippen molar-refractivity contribution >= 4 is 28.9 Å². The molecule has 2 aromatic heterocycles. The van der Waals surface area contributed by atoms with Gasteiger partial charge in [-0.1, -0.05) is 0 Å². The molecule has 0 saturated carbocycles. The van der Waals surface area contributed by atoms with Gasteiger partial charge in [0, 0.05) is 18.1 Å². The molecule has 0 amide bonds. The summed E-state index contributed by atoms with van der Waals surface area (Å²) in [7, 11) is 1.83. The summed E-state index contributed by atoms with van der Waals surface area (Å²) in [6, 6.07) is 0. The van der Waals surface area contributed by atoms with Crippen LogP contribution in [0.5, 0.6) is 0 Å². The fourth-order valence-corrected chi connectivity index (χ4v) is 2.73. The highest BCUT2D eigenvalue weighted by Crippen LogP contribution is 2.28. The van der Waals surface area contributed by atoms with Gasteiger partial charge in [0.2, 0.25) is 0 Å². The Morgan fingerprint density at radius 1 is 1.33 bits per heavy atom. The predicted molar refractivity (Wildman–Crippen MR) is 62.6 cm³/mol. The number of nitrogens with zero attached hydrogens (tertiary/aromatic N) is 3. The van der Waals surface area contributed by atoms with Crippen molar-refractivity contribution in [2.75, 3.05) is 12.4 Å². The predicted octanol–water partition coefficient (Wildman–Crippen LogP) is 2.43. The molecule has 0 saturated heterocycles. The second-order valence-electron chi connectivity index (χ2n) is 2.85. The van der Waals surface area contributed by atoms with Gasteiger partial charge in [0.25, 0.3) is 0 Å². The van der Waals surface area contributed by atoms with Crippen LogP contribution in [0.25, 0.3) is 0 Å². The monoisotopic (exact) mass is 238 g/mol. The summed E-state index contributed by atoms with van der Waals surface area (Å²) in [5, 5.41) is 5.84. The average molecular weight is 238 g/mol. The van der Waals surface area contributed by atoms with Crippen LogP contribution in [0.4, 0.5) is 5.82 Å². The van der Waals surface area contributed by atoms with E-state index in [9.17, 15) is 0 Å². The Morgan fingerprint density at radius 3 is 2.87 bits per heavy atom. The number of hydrogen-bond acceptors (Lipinski definition) is 6. The van der Waals surface area contributed by atoms with Crippen molar-refractivity contribution in [3.63, 3.8) is 0 Å². The van der Waals surface area contributed by atoms with Crippen LogP contribution in [0.15, 0.2) is 27.1 Å². The zero-order valence-electron chi connectivity index (χ0n) is 8.39. The Labute approximate surface area is 96.2 Å². The molecule has 78 valence electrons. The van der Waals surface area contributed by atoms with E-state index in [0.717, 1.165) is 20.9 Å². The summed E-state index contributed by atoms with van der Waals surface area (Å²) in [6.45, 7) is 1.98. The van der Waals surface area contributed by atoms with Gasteiger partial charge in [-0.05, 0) is 18.7 Å². The zero-order chi connectivity index (χ0) is 10.7. The van der Waals surface area contributed by atoms with Crippen molar-refractivity contribution in [3.8, 4) is 0 Å². The molecule has 4 nitrogen and oxygen atoms in total. The minimum absolute atomic E-state index is 0.772. The molecule has 6 heteroatoms. The van der Waals surface area contributed by atoms with E-state index in [1.54, 1.807) is 23.7 Å². The molecule has 0 aliphatic rings. The van der Waals surface area contributed by atoms with Crippen molar-refractivity contribution in [2.45, 2.75) is 16.3 Å². The maximum atomic E-state index is 4.35. The second-order valence-corrected chi connectivity index (χ2v) is 4.98. The average Bonchev–Trinajstić information content (AvgIpc) is 2.64. The van der Waals surface area contributed by atoms with Crippen molar-refractivity contribution in [1.82, 2.24) is 15.0 Å². The van der Waals surface area contributed by atoms with Crippen molar-refractivity contribution in [2.24, 2.45) is 0 Å². The molecule has 0 atom stereocenters. The minimum Gasteiger partial charge on any atom is -0.372 e. The third-order valence-corrected chi connectivity index (χ3v) is 3.62. The molecular weight excluding hydrogens is 228 g/mol. The first-order valence-electron chi connectivity index (χ1n) is 4.37. The van der Waals surface area contributed by atoms with E-state index in [1.165, 1.54) is 11.8 Å². The van der Waals surface area contributed by atoms with Gasteiger partial charge < -0.3 is 5.32 Å². The normalized spacial score (nSPS) is 10.3. The molecular formula is C9H10N4S2. The molecule has 0 aliphatic heterocycles. The molecule has 0 aliphatic carbocycles. The van der Waals surface area contributed by atoms with Gasteiger partial charge in [-0.25, -0.2) is 9.97 Å². The fourth-order valence-electron chi connectivity index (χ4n) is 0.986. The Kier molecular flexibility index (Phi) is 3.17. The topological polar surface area (TPSA) is 50.7 Å². The summed E-state index contributed by atoms with van der Waals surface area (Å²) in [4.78, 5) is 12.8. The van der Waals surface area contributed by atoms with E-state index >= 15 is 0 Å². The van der Waals surface area contributed by atoms with Gasteiger partial charge in [-0.2, -0.15) is 0 Å². The van der Waals surface area contributed by atoms with Gasteiger partial charge >= 0.3 is 0 Å². The second kappa shape index (κ2) is 4.59. The summed E-state index contributed by atoms with van der Waals surface area (Å²) in [5.74, 6) is 0.772. The Bertz CT molecular complexity index is 455. The molecule has 0 spiro atoms. The molecule has 0 unspecified atom stereocenters. The third kappa shape index (κ3) is 2.66. The number of nitrogens with one attached hydrogen (secondary N) is 1. The molecule has 2 aromatic rings. The lowest BCUT2D eigenvalue weighted by atomic mass is 10.6. The van der Waals surface area contributed by atoms with Crippen LogP contribution in [0.3, 0.4) is 0 Å². The van der Waals surface area contributed by atoms with E-state index in [1.807, 2.05) is 19.4 Å². The van der Waals surface area contributed by atoms with Crippen molar-refractivity contribution in [1.29, 1.82) is 0 Å². The summed E-state index contributed by atoms with van der Waals surface area (Å²) >= 11 is 3.15. The van der Waals surface area contributed by atoms with Gasteiger partial charge in [0.05, 0.1) is 12.4 Å². The van der Waals surface area contributed by atoms with E-state index in [4.69, 9.17) is 0 Å². The lowest BCUT2D eigenvalue weighted by molar-refractivity contribution is 1.05. The van der Waals surface area contributed by atoms with Crippen LogP contribution in [0.1, 0.15) is 5.69 Å². The fraction of sp³-hybridized carbons (Fsp3) is 0.222. The van der Waals surface area contributed by atoms with E-state index in [-0.39, 0.29) is 0 Å². The lowest BCUT2D eigenvalue weighted by Gasteiger charge is -2.00. The van der Waals surface area contributed by atoms with Crippen LogP contribution in [0, 0.1) is 6.92 Å². The largest absolute Gasteiger partial charge is 0.372 e. The molecule has 15 heavy (non-hydrogen) atoms. The van der Waals surface area contributed by atoms with Crippen LogP contribution in [0.2, 0.25) is 0 Å². The number of anilines is 1. The summed E-state index contributed by atoms with van der Waals surface area (Å²) in [6.07, 6.45) is 3.43. The number of hydrogen-bond donors (Lipinski definition) is 1. The number of thiazole rings is 1. The summed E-state index contributed by atoms with van der Waals surface area (Å²) in [5.41, 5.74) is 1.04. The Hall–Kier alpha value is -1.14. The van der Waals surface area contributed by atoms with Crippen LogP contribution in [-0.4, -0.2) is 22.0 Å². The van der Waals surface area contributed by atoms with Crippen LogP contribution < -0.4 is 5.32 Å². The highest BCUT2D eigenvalue weighted by atomic mass is 32.2. The first-order valence-corrected chi connectivity index (χ1v) is 6.07. The van der Waals surface area contributed by atoms with E-state index in [2.05, 4.69) is 20.3 Å². The van der Waals surface area contributed by atoms with Gasteiger partial charge in [0.1, 0.15) is 10.8 Å². The highest BCUT2D eigenvalue weighted by molar-refractivity contribution is 8.00. The lowest BCUT2D eigenvalue weighted by Crippen LogP contribution is -1.93. The van der Waals surface area contributed by atoms with Crippen LogP contribution >= 0.6 is 23.1 Å². The van der Waals surface area contributed by atoms with E-state index < -0.39 is 0 Å². The highest BCUT2D eigenvalue weighted by Gasteiger charge is 2.03. The Balaban J connectivity index is 2.16. The molecule has 0 radical (unpaired) electrons. The number of aromatic nitrogens is 3. The molecule has 0 bridgehead atoms. The maximum absolute atomic E-state index is 4.35. The third-order valence-electron chi connectivity index (χ3n) is 1.66. The van der Waals surface area contributed by atoms with Gasteiger partial charge in [-0.15, -0.1) is 11.3 Å². The molecule has 1 N–H and O–H groups in total. The smallest absolute Gasteiger partial charge is 0.156 e. The van der Waals surface area contributed by atoms with Crippen molar-refractivity contribution < 1.29 is 0 Å². The standard InChI is InChI=1S/C9H10N4S2/c1-6-5-14-9(12-6)15-8-4-11-3-7(10-2)13-8/h3-5H,1-2H3,(H,10,13). The van der Waals surface area contributed by atoms with Gasteiger partial charge in [0.15, 0.2) is 4.34 Å². The first-order chi connectivity index (χ1) is 7.28. The SMILES string of the molecule is CNc1cncc(Sc2nc(C)cs2)n1. The molecule has 2 heterocycles. The molecule has 0 fully saturated rings. The zero-order valence-corrected chi connectivity index (χ0v) is 10.0. The quantitative estimate of drug-likeness (QED) is 0.890. The Morgan fingerprint density at radius 2 is 2.20 bits per heavy atom. The van der Waals surface area contributed by atoms with Crippen molar-refractivity contribution in [3.05, 3.63) is 23.5 Å². The first kappa shape index (κ1) is 10.4. The maximum Gasteiger partial charge on any atom is 0.156 e. The van der Waals surface area contributed by atoms with Crippen LogP contribution in [-0.2, 0) is 0 Å². The van der Waals surface area contributed by atoms with Gasteiger partial charge in [-0.3, -0.25) is 4.98 Å². The number of rotatable bonds is 3. The van der Waals surface area contributed by atoms with E-state index in [0.29, 0.717) is 0 Å². The molecule has 2 rings (SSSR count). The summed E-state index contributed by atoms with van der Waals surface area (Å²) < 4.78 is 0.995. The molecule has 0 aromatic carbocycles. The minimum atomic E-state index is 0.772.